The monoisotopic (exact) mass is 211 g/mol. The lowest BCUT2D eigenvalue weighted by atomic mass is 10.0. The molecule has 14 heavy (non-hydrogen) atoms. The van der Waals surface area contributed by atoms with Crippen molar-refractivity contribution in [2.75, 3.05) is 6.54 Å². The molecule has 3 nitrogen and oxygen atoms in total. The van der Waals surface area contributed by atoms with Crippen molar-refractivity contribution in [2.45, 2.75) is 24.6 Å². The van der Waals surface area contributed by atoms with E-state index in [0.717, 1.165) is 5.03 Å². The summed E-state index contributed by atoms with van der Waals surface area (Å²) in [7, 11) is 0. The van der Waals surface area contributed by atoms with Crippen LogP contribution >= 0.6 is 11.8 Å². The van der Waals surface area contributed by atoms with E-state index in [1.54, 1.807) is 11.8 Å². The molecule has 0 saturated carbocycles. The zero-order chi connectivity index (χ0) is 10.3. The first-order valence-corrected chi connectivity index (χ1v) is 5.39. The molecule has 4 heteroatoms. The maximum absolute atomic E-state index is 11.2. The summed E-state index contributed by atoms with van der Waals surface area (Å²) in [6.07, 6.45) is 5.96. The third-order valence-corrected chi connectivity index (χ3v) is 3.86. The van der Waals surface area contributed by atoms with E-state index < -0.39 is 12.0 Å². The maximum atomic E-state index is 11.2. The summed E-state index contributed by atoms with van der Waals surface area (Å²) < 4.78 is -0.246. The van der Waals surface area contributed by atoms with Gasteiger partial charge in [-0.05, 0) is 19.9 Å². The van der Waals surface area contributed by atoms with Gasteiger partial charge in [0.1, 0.15) is 6.04 Å². The lowest BCUT2D eigenvalue weighted by Gasteiger charge is -2.28. The summed E-state index contributed by atoms with van der Waals surface area (Å²) in [5, 5.41) is 10.3. The minimum atomic E-state index is -0.735. The Hall–Kier alpha value is -0.900. The van der Waals surface area contributed by atoms with Gasteiger partial charge in [0, 0.05) is 11.3 Å². The van der Waals surface area contributed by atoms with Crippen molar-refractivity contribution >= 4 is 17.7 Å². The third kappa shape index (κ3) is 1.34. The van der Waals surface area contributed by atoms with Gasteiger partial charge >= 0.3 is 5.97 Å². The largest absolute Gasteiger partial charge is 0.480 e. The van der Waals surface area contributed by atoms with E-state index in [4.69, 9.17) is 0 Å². The number of thioether (sulfide) groups is 1. The van der Waals surface area contributed by atoms with Gasteiger partial charge in [-0.2, -0.15) is 0 Å². The molecule has 0 amide bonds. The fraction of sp³-hybridized carbons (Fsp3) is 0.500. The van der Waals surface area contributed by atoms with Crippen molar-refractivity contribution in [1.82, 2.24) is 4.90 Å². The average molecular weight is 211 g/mol. The van der Waals surface area contributed by atoms with E-state index in [1.807, 2.05) is 37.0 Å². The van der Waals surface area contributed by atoms with Crippen molar-refractivity contribution in [1.29, 1.82) is 0 Å². The molecule has 1 saturated heterocycles. The van der Waals surface area contributed by atoms with Crippen LogP contribution in [0.15, 0.2) is 23.3 Å². The molecule has 2 rings (SSSR count). The Balaban J connectivity index is 2.35. The second-order valence-corrected chi connectivity index (χ2v) is 5.71. The van der Waals surface area contributed by atoms with Crippen LogP contribution in [0.5, 0.6) is 0 Å². The normalized spacial score (nSPS) is 28.6. The zero-order valence-electron chi connectivity index (χ0n) is 8.23. The van der Waals surface area contributed by atoms with Gasteiger partial charge < -0.3 is 10.0 Å². The molecule has 0 aromatic rings. The Morgan fingerprint density at radius 1 is 1.71 bits per heavy atom. The molecule has 0 bridgehead atoms. The Morgan fingerprint density at radius 2 is 2.43 bits per heavy atom. The van der Waals surface area contributed by atoms with E-state index in [0.29, 0.717) is 6.54 Å². The van der Waals surface area contributed by atoms with Crippen molar-refractivity contribution in [2.24, 2.45) is 0 Å². The van der Waals surface area contributed by atoms with Crippen LogP contribution in [0.2, 0.25) is 0 Å². The highest BCUT2D eigenvalue weighted by Gasteiger charge is 2.48. The number of hydrogen-bond acceptors (Lipinski definition) is 3. The summed E-state index contributed by atoms with van der Waals surface area (Å²) in [5.41, 5.74) is 0. The number of hydrogen-bond donors (Lipinski definition) is 1. The van der Waals surface area contributed by atoms with Gasteiger partial charge in [0.15, 0.2) is 0 Å². The minimum absolute atomic E-state index is 0.246. The number of allylic oxidation sites excluding steroid dienone is 2. The van der Waals surface area contributed by atoms with Gasteiger partial charge in [0.25, 0.3) is 0 Å². The predicted octanol–water partition coefficient (Wildman–Crippen LogP) is 1.68. The number of carboxylic acid groups (broad SMARTS) is 1. The van der Waals surface area contributed by atoms with Crippen LogP contribution in [0.25, 0.3) is 0 Å². The van der Waals surface area contributed by atoms with Gasteiger partial charge in [-0.25, -0.2) is 4.79 Å². The molecule has 1 fully saturated rings. The number of carboxylic acids is 1. The molecule has 0 spiro atoms. The van der Waals surface area contributed by atoms with Crippen molar-refractivity contribution in [3.05, 3.63) is 23.3 Å². The van der Waals surface area contributed by atoms with Gasteiger partial charge in [-0.1, -0.05) is 23.9 Å². The molecule has 1 atom stereocenters. The summed E-state index contributed by atoms with van der Waals surface area (Å²) in [6, 6.07) is -0.413. The molecule has 1 unspecified atom stereocenters. The highest BCUT2D eigenvalue weighted by molar-refractivity contribution is 8.04. The summed E-state index contributed by atoms with van der Waals surface area (Å²) in [6.45, 7) is 4.67. The second kappa shape index (κ2) is 3.05. The van der Waals surface area contributed by atoms with E-state index in [-0.39, 0.29) is 4.75 Å². The van der Waals surface area contributed by atoms with Crippen LogP contribution in [-0.2, 0) is 4.79 Å². The number of nitrogens with zero attached hydrogens (tertiary/aromatic N) is 1. The zero-order valence-corrected chi connectivity index (χ0v) is 9.04. The molecular formula is C10H13NO2S. The van der Waals surface area contributed by atoms with Crippen molar-refractivity contribution in [3.63, 3.8) is 0 Å². The van der Waals surface area contributed by atoms with E-state index >= 15 is 0 Å². The second-order valence-electron chi connectivity index (χ2n) is 4.03. The summed E-state index contributed by atoms with van der Waals surface area (Å²) >= 11 is 1.64. The van der Waals surface area contributed by atoms with Gasteiger partial charge in [-0.3, -0.25) is 0 Å². The van der Waals surface area contributed by atoms with Crippen LogP contribution in [0.4, 0.5) is 0 Å². The van der Waals surface area contributed by atoms with Crippen LogP contribution in [0, 0.1) is 0 Å². The van der Waals surface area contributed by atoms with Gasteiger partial charge in [0.2, 0.25) is 0 Å². The predicted molar refractivity (Wildman–Crippen MR) is 57.0 cm³/mol. The quantitative estimate of drug-likeness (QED) is 0.716. The molecule has 2 aliphatic heterocycles. The number of carbonyl (C=O) groups is 1. The lowest BCUT2D eigenvalue weighted by Crippen LogP contribution is -2.46. The maximum Gasteiger partial charge on any atom is 0.327 e. The summed E-state index contributed by atoms with van der Waals surface area (Å²) in [5.74, 6) is -0.735. The van der Waals surface area contributed by atoms with E-state index in [2.05, 4.69) is 0 Å². The first-order chi connectivity index (χ1) is 6.52. The van der Waals surface area contributed by atoms with Crippen LogP contribution in [0.1, 0.15) is 13.8 Å². The molecule has 2 aliphatic rings. The molecular weight excluding hydrogens is 198 g/mol. The number of aliphatic carboxylic acids is 1. The lowest BCUT2D eigenvalue weighted by molar-refractivity contribution is -0.142. The van der Waals surface area contributed by atoms with Crippen molar-refractivity contribution in [3.8, 4) is 0 Å². The molecule has 0 aliphatic carbocycles. The molecule has 76 valence electrons. The fourth-order valence-corrected chi connectivity index (χ4v) is 3.29. The molecule has 0 aromatic heterocycles. The smallest absolute Gasteiger partial charge is 0.327 e. The fourth-order valence-electron chi connectivity index (χ4n) is 1.97. The Morgan fingerprint density at radius 3 is 3.07 bits per heavy atom. The van der Waals surface area contributed by atoms with Crippen LogP contribution in [-0.4, -0.2) is 33.3 Å². The topological polar surface area (TPSA) is 40.5 Å². The highest BCUT2D eigenvalue weighted by Crippen LogP contribution is 2.47. The van der Waals surface area contributed by atoms with Crippen LogP contribution in [0.3, 0.4) is 0 Å². The number of fused-ring (bicyclic) bond motifs is 1. The first-order valence-electron chi connectivity index (χ1n) is 4.57. The molecule has 0 aromatic carbocycles. The molecule has 2 heterocycles. The molecule has 1 N–H and O–H groups in total. The standard InChI is InChI=1S/C10H13NO2S/c1-10(2)8(9(12)13)11-6-4-3-5-7(11)14-10/h3-5,8H,6H2,1-2H3,(H,12,13). The SMILES string of the molecule is CC1(C)SC2=CC=CCN2C1C(=O)O. The third-order valence-electron chi connectivity index (χ3n) is 2.53. The van der Waals surface area contributed by atoms with Crippen molar-refractivity contribution < 1.29 is 9.90 Å². The Labute approximate surface area is 87.5 Å². The summed E-state index contributed by atoms with van der Waals surface area (Å²) in [4.78, 5) is 13.1. The van der Waals surface area contributed by atoms with E-state index in [1.165, 1.54) is 0 Å². The highest BCUT2D eigenvalue weighted by atomic mass is 32.2. The van der Waals surface area contributed by atoms with E-state index in [9.17, 15) is 9.90 Å². The average Bonchev–Trinajstić information content (AvgIpc) is 2.33. The molecule has 0 radical (unpaired) electrons. The minimum Gasteiger partial charge on any atom is -0.480 e. The number of rotatable bonds is 1. The van der Waals surface area contributed by atoms with Crippen LogP contribution < -0.4 is 0 Å². The Kier molecular flexibility index (Phi) is 2.10. The van der Waals surface area contributed by atoms with Gasteiger partial charge in [-0.15, -0.1) is 0 Å². The van der Waals surface area contributed by atoms with Gasteiger partial charge in [0.05, 0.1) is 5.03 Å². The first kappa shape index (κ1) is 9.65. The Bertz CT molecular complexity index is 333.